The normalized spacial score (nSPS) is 28.5. The van der Waals surface area contributed by atoms with E-state index in [4.69, 9.17) is 16.3 Å². The van der Waals surface area contributed by atoms with E-state index in [1.54, 1.807) is 51.2 Å². The van der Waals surface area contributed by atoms with Crippen molar-refractivity contribution in [3.05, 3.63) is 81.9 Å². The first-order valence-electron chi connectivity index (χ1n) is 16.7. The van der Waals surface area contributed by atoms with E-state index in [1.807, 2.05) is 18.2 Å². The van der Waals surface area contributed by atoms with Gasteiger partial charge in [-0.25, -0.2) is 22.8 Å². The molecule has 1 aromatic heterocycles. The Labute approximate surface area is 287 Å². The molecule has 1 saturated carbocycles. The summed E-state index contributed by atoms with van der Waals surface area (Å²) in [6, 6.07) is 10.9. The van der Waals surface area contributed by atoms with E-state index in [2.05, 4.69) is 19.7 Å². The standard InChI is InChI=1S/C35H44ClN5O6S/c1-22-7-6-15-35(44,34-37-32(20-42)38-40(34)3)29-13-10-26(29)19-41-16-5-4-8-24-17-28(36)12-9-27(24)21-47-31-14-11-25(18-30(31)41)33(43)39-48(45,46)23(22)2/h6,9,11-12,14-15,17-18,22-23,26,29,42,44H,4-5,7-8,10,13,16,19-21H2,1-3H3,(H,39,43)/b15-6+/t22-,23+,26-,29+,35+/m0/s1. The molecule has 3 aromatic rings. The Morgan fingerprint density at radius 3 is 2.67 bits per heavy atom. The summed E-state index contributed by atoms with van der Waals surface area (Å²) in [5, 5.41) is 26.4. The summed E-state index contributed by atoms with van der Waals surface area (Å²) in [5.74, 6) is -0.118. The van der Waals surface area contributed by atoms with Gasteiger partial charge in [0.15, 0.2) is 11.6 Å². The van der Waals surface area contributed by atoms with Gasteiger partial charge in [0.25, 0.3) is 5.91 Å². The number of carbonyl (C=O) groups is 1. The molecule has 2 aromatic carbocycles. The lowest BCUT2D eigenvalue weighted by Crippen LogP contribution is -2.49. The molecule has 5 atom stereocenters. The van der Waals surface area contributed by atoms with E-state index in [0.717, 1.165) is 43.2 Å². The van der Waals surface area contributed by atoms with E-state index in [1.165, 1.54) is 4.68 Å². The smallest absolute Gasteiger partial charge is 0.264 e. The molecule has 11 nitrogen and oxygen atoms in total. The molecule has 258 valence electrons. The molecule has 1 amide bonds. The number of aliphatic hydroxyl groups is 2. The predicted molar refractivity (Wildman–Crippen MR) is 183 cm³/mol. The fourth-order valence-electron chi connectivity index (χ4n) is 7.19. The minimum Gasteiger partial charge on any atom is -0.487 e. The number of nitrogens with zero attached hydrogens (tertiary/aromatic N) is 4. The summed E-state index contributed by atoms with van der Waals surface area (Å²) >= 11 is 6.34. The second-order valence-corrected chi connectivity index (χ2v) is 16.0. The Morgan fingerprint density at radius 2 is 1.94 bits per heavy atom. The van der Waals surface area contributed by atoms with Gasteiger partial charge in [-0.2, -0.15) is 5.10 Å². The third kappa shape index (κ3) is 6.85. The van der Waals surface area contributed by atoms with Crippen molar-refractivity contribution in [3.8, 4) is 5.75 Å². The van der Waals surface area contributed by atoms with Crippen LogP contribution in [-0.2, 0) is 42.3 Å². The van der Waals surface area contributed by atoms with Crippen LogP contribution in [-0.4, -0.2) is 57.6 Å². The molecule has 1 aliphatic carbocycles. The van der Waals surface area contributed by atoms with Gasteiger partial charge in [-0.1, -0.05) is 30.7 Å². The Hall–Kier alpha value is -3.45. The number of aliphatic hydroxyl groups excluding tert-OH is 1. The van der Waals surface area contributed by atoms with E-state index in [9.17, 15) is 23.4 Å². The zero-order valence-corrected chi connectivity index (χ0v) is 29.2. The SMILES string of the molecule is C[C@@H]1[C@@H](C)C/C=C/[C@](O)(c2nc(CO)nn2C)[C@@H]2CC[C@H]2CN2CCCCc3cc(Cl)ccc3COc3ccc(cc32)C(=O)NS1(=O)=O. The molecule has 3 aliphatic rings. The fourth-order valence-corrected chi connectivity index (χ4v) is 8.67. The van der Waals surface area contributed by atoms with Gasteiger partial charge in [0.2, 0.25) is 10.0 Å². The van der Waals surface area contributed by atoms with Crippen LogP contribution in [0.2, 0.25) is 5.02 Å². The number of halogens is 1. The van der Waals surface area contributed by atoms with Gasteiger partial charge in [-0.15, -0.1) is 0 Å². The number of aromatic nitrogens is 3. The largest absolute Gasteiger partial charge is 0.487 e. The molecule has 0 unspecified atom stereocenters. The van der Waals surface area contributed by atoms with Crippen molar-refractivity contribution in [1.82, 2.24) is 19.5 Å². The number of allylic oxidation sites excluding steroid dienone is 1. The quantitative estimate of drug-likeness (QED) is 0.326. The average molecular weight is 698 g/mol. The van der Waals surface area contributed by atoms with Crippen molar-refractivity contribution in [3.63, 3.8) is 0 Å². The minimum atomic E-state index is -4.04. The molecule has 0 radical (unpaired) electrons. The Bertz CT molecular complexity index is 1810. The van der Waals surface area contributed by atoms with Gasteiger partial charge in [0, 0.05) is 36.6 Å². The molecule has 3 N–H and O–H groups in total. The van der Waals surface area contributed by atoms with Crippen molar-refractivity contribution in [1.29, 1.82) is 0 Å². The van der Waals surface area contributed by atoms with Gasteiger partial charge in [-0.05, 0) is 105 Å². The van der Waals surface area contributed by atoms with Crippen molar-refractivity contribution in [2.24, 2.45) is 24.8 Å². The molecule has 2 bridgehead atoms. The Morgan fingerprint density at radius 1 is 1.12 bits per heavy atom. The van der Waals surface area contributed by atoms with Gasteiger partial charge in [-0.3, -0.25) is 4.79 Å². The molecule has 48 heavy (non-hydrogen) atoms. The van der Waals surface area contributed by atoms with Crippen LogP contribution in [0.15, 0.2) is 48.6 Å². The lowest BCUT2D eigenvalue weighted by Gasteiger charge is -2.47. The number of benzene rings is 2. The second-order valence-electron chi connectivity index (χ2n) is 13.5. The van der Waals surface area contributed by atoms with Crippen molar-refractivity contribution in [2.45, 2.75) is 76.4 Å². The van der Waals surface area contributed by atoms with Gasteiger partial charge < -0.3 is 19.8 Å². The third-order valence-corrected chi connectivity index (χ3v) is 12.5. The monoisotopic (exact) mass is 697 g/mol. The van der Waals surface area contributed by atoms with Crippen molar-refractivity contribution in [2.75, 3.05) is 18.0 Å². The molecule has 6 rings (SSSR count). The van der Waals surface area contributed by atoms with E-state index in [0.29, 0.717) is 48.4 Å². The van der Waals surface area contributed by atoms with E-state index >= 15 is 0 Å². The fraction of sp³-hybridized carbons (Fsp3) is 0.514. The summed E-state index contributed by atoms with van der Waals surface area (Å²) in [5.41, 5.74) is 1.57. The van der Waals surface area contributed by atoms with Crippen LogP contribution in [0.5, 0.6) is 5.75 Å². The van der Waals surface area contributed by atoms with E-state index in [-0.39, 0.29) is 35.7 Å². The lowest BCUT2D eigenvalue weighted by molar-refractivity contribution is -0.0581. The number of sulfonamides is 1. The van der Waals surface area contributed by atoms with Crippen LogP contribution in [0.1, 0.15) is 79.1 Å². The highest BCUT2D eigenvalue weighted by atomic mass is 35.5. The number of nitrogens with one attached hydrogen (secondary N) is 1. The van der Waals surface area contributed by atoms with Crippen LogP contribution in [0.4, 0.5) is 5.69 Å². The first-order valence-corrected chi connectivity index (χ1v) is 18.6. The summed E-state index contributed by atoms with van der Waals surface area (Å²) in [6.45, 7) is 4.55. The summed E-state index contributed by atoms with van der Waals surface area (Å²) in [6.07, 6.45) is 8.06. The molecule has 2 aliphatic heterocycles. The number of aryl methyl sites for hydroxylation is 2. The minimum absolute atomic E-state index is 0.0463. The maximum Gasteiger partial charge on any atom is 0.264 e. The molecule has 0 spiro atoms. The molecule has 3 heterocycles. The lowest BCUT2D eigenvalue weighted by atomic mass is 9.64. The van der Waals surface area contributed by atoms with Crippen LogP contribution >= 0.6 is 11.6 Å². The number of ether oxygens (including phenoxy) is 1. The zero-order chi connectivity index (χ0) is 34.2. The number of amides is 1. The molecule has 0 saturated heterocycles. The van der Waals surface area contributed by atoms with Gasteiger partial charge in [0.05, 0.1) is 10.9 Å². The van der Waals surface area contributed by atoms with Crippen LogP contribution < -0.4 is 14.4 Å². The third-order valence-electron chi connectivity index (χ3n) is 10.4. The van der Waals surface area contributed by atoms with Gasteiger partial charge >= 0.3 is 0 Å². The van der Waals surface area contributed by atoms with Crippen molar-refractivity contribution < 1.29 is 28.2 Å². The van der Waals surface area contributed by atoms with Crippen LogP contribution in [0, 0.1) is 17.8 Å². The maximum absolute atomic E-state index is 13.5. The summed E-state index contributed by atoms with van der Waals surface area (Å²) < 4.78 is 37.1. The Kier molecular flexibility index (Phi) is 9.90. The molecular formula is C35H44ClN5O6S. The average Bonchev–Trinajstić information content (AvgIpc) is 3.42. The summed E-state index contributed by atoms with van der Waals surface area (Å²) in [4.78, 5) is 20.2. The molecule has 13 heteroatoms. The number of fused-ring (bicyclic) bond motifs is 3. The first-order chi connectivity index (χ1) is 22.9. The van der Waals surface area contributed by atoms with Crippen LogP contribution in [0.25, 0.3) is 0 Å². The number of hydrogen-bond donors (Lipinski definition) is 3. The highest BCUT2D eigenvalue weighted by Crippen LogP contribution is 2.48. The number of hydrogen-bond acceptors (Lipinski definition) is 9. The zero-order valence-electron chi connectivity index (χ0n) is 27.6. The number of rotatable bonds is 2. The highest BCUT2D eigenvalue weighted by Gasteiger charge is 2.49. The number of carbonyl (C=O) groups excluding carboxylic acids is 1. The summed E-state index contributed by atoms with van der Waals surface area (Å²) in [7, 11) is -2.34. The molecule has 1 fully saturated rings. The molecular weight excluding hydrogens is 654 g/mol. The highest BCUT2D eigenvalue weighted by molar-refractivity contribution is 7.90. The van der Waals surface area contributed by atoms with Crippen molar-refractivity contribution >= 4 is 33.2 Å². The Balaban J connectivity index is 1.44. The number of anilines is 1. The maximum atomic E-state index is 13.5. The topological polar surface area (TPSA) is 147 Å². The second kappa shape index (κ2) is 13.8. The first kappa shape index (κ1) is 34.4. The van der Waals surface area contributed by atoms with E-state index < -0.39 is 26.8 Å². The van der Waals surface area contributed by atoms with Gasteiger partial charge in [0.1, 0.15) is 24.6 Å². The van der Waals surface area contributed by atoms with Crippen LogP contribution in [0.3, 0.4) is 0 Å². The predicted octanol–water partition coefficient (Wildman–Crippen LogP) is 4.64.